The first-order chi connectivity index (χ1) is 10.5. The Morgan fingerprint density at radius 3 is 2.64 bits per heavy atom. The number of aliphatic carboxylic acids is 1. The SMILES string of the molecule is Cc1cc(C(=O)N[C@@H](C)CCC(=O)O)nn1-c1ccccc1. The van der Waals surface area contributed by atoms with Crippen LogP contribution < -0.4 is 5.32 Å². The van der Waals surface area contributed by atoms with Gasteiger partial charge in [-0.15, -0.1) is 0 Å². The number of hydrogen-bond acceptors (Lipinski definition) is 3. The summed E-state index contributed by atoms with van der Waals surface area (Å²) in [5, 5.41) is 15.7. The molecule has 6 nitrogen and oxygen atoms in total. The van der Waals surface area contributed by atoms with Gasteiger partial charge in [0.25, 0.3) is 5.91 Å². The summed E-state index contributed by atoms with van der Waals surface area (Å²) < 4.78 is 1.71. The highest BCUT2D eigenvalue weighted by Crippen LogP contribution is 2.12. The number of carboxylic acid groups (broad SMARTS) is 1. The van der Waals surface area contributed by atoms with Crippen LogP contribution in [0.2, 0.25) is 0 Å². The van der Waals surface area contributed by atoms with Crippen LogP contribution in [0.3, 0.4) is 0 Å². The van der Waals surface area contributed by atoms with E-state index in [1.807, 2.05) is 37.3 Å². The Labute approximate surface area is 128 Å². The first-order valence-electron chi connectivity index (χ1n) is 7.12. The van der Waals surface area contributed by atoms with Crippen molar-refractivity contribution >= 4 is 11.9 Å². The van der Waals surface area contributed by atoms with E-state index >= 15 is 0 Å². The number of nitrogens with one attached hydrogen (secondary N) is 1. The van der Waals surface area contributed by atoms with Crippen LogP contribution in [0.5, 0.6) is 0 Å². The molecule has 0 bridgehead atoms. The molecule has 6 heteroatoms. The van der Waals surface area contributed by atoms with Gasteiger partial charge < -0.3 is 10.4 Å². The molecule has 0 aliphatic carbocycles. The molecule has 0 unspecified atom stereocenters. The first-order valence-corrected chi connectivity index (χ1v) is 7.12. The number of hydrogen-bond donors (Lipinski definition) is 2. The second kappa shape index (κ2) is 6.89. The Bertz CT molecular complexity index is 665. The molecule has 2 N–H and O–H groups in total. The van der Waals surface area contributed by atoms with E-state index in [9.17, 15) is 9.59 Å². The lowest BCUT2D eigenvalue weighted by Gasteiger charge is -2.11. The molecule has 1 heterocycles. The minimum atomic E-state index is -0.870. The second-order valence-electron chi connectivity index (χ2n) is 5.23. The molecule has 0 saturated carbocycles. The van der Waals surface area contributed by atoms with E-state index in [-0.39, 0.29) is 18.4 Å². The van der Waals surface area contributed by atoms with Crippen molar-refractivity contribution in [1.29, 1.82) is 0 Å². The lowest BCUT2D eigenvalue weighted by molar-refractivity contribution is -0.137. The Morgan fingerprint density at radius 1 is 1.32 bits per heavy atom. The van der Waals surface area contributed by atoms with Crippen molar-refractivity contribution in [3.05, 3.63) is 47.8 Å². The van der Waals surface area contributed by atoms with Gasteiger partial charge in [-0.2, -0.15) is 5.10 Å². The number of aryl methyl sites for hydroxylation is 1. The summed E-state index contributed by atoms with van der Waals surface area (Å²) in [6, 6.07) is 11.1. The van der Waals surface area contributed by atoms with Crippen LogP contribution in [-0.2, 0) is 4.79 Å². The highest BCUT2D eigenvalue weighted by molar-refractivity contribution is 5.92. The summed E-state index contributed by atoms with van der Waals surface area (Å²) in [4.78, 5) is 22.7. The summed E-state index contributed by atoms with van der Waals surface area (Å²) in [6.45, 7) is 3.66. The molecule has 0 saturated heterocycles. The molecule has 2 rings (SSSR count). The lowest BCUT2D eigenvalue weighted by atomic mass is 10.2. The van der Waals surface area contributed by atoms with Gasteiger partial charge in [-0.05, 0) is 38.5 Å². The average molecular weight is 301 g/mol. The van der Waals surface area contributed by atoms with Crippen molar-refractivity contribution in [2.45, 2.75) is 32.7 Å². The van der Waals surface area contributed by atoms with Crippen molar-refractivity contribution in [2.75, 3.05) is 0 Å². The topological polar surface area (TPSA) is 84.2 Å². The van der Waals surface area contributed by atoms with Crippen LogP contribution in [0.15, 0.2) is 36.4 Å². The Balaban J connectivity index is 2.07. The maximum Gasteiger partial charge on any atom is 0.303 e. The molecule has 1 aromatic heterocycles. The van der Waals surface area contributed by atoms with Gasteiger partial charge in [0, 0.05) is 18.2 Å². The monoisotopic (exact) mass is 301 g/mol. The number of carbonyl (C=O) groups excluding carboxylic acids is 1. The van der Waals surface area contributed by atoms with E-state index < -0.39 is 5.97 Å². The summed E-state index contributed by atoms with van der Waals surface area (Å²) >= 11 is 0. The number of aromatic nitrogens is 2. The van der Waals surface area contributed by atoms with Crippen molar-refractivity contribution in [2.24, 2.45) is 0 Å². The maximum absolute atomic E-state index is 12.2. The van der Waals surface area contributed by atoms with Gasteiger partial charge in [0.05, 0.1) is 5.69 Å². The predicted octanol–water partition coefficient (Wildman–Crippen LogP) is 2.16. The first kappa shape index (κ1) is 15.8. The minimum absolute atomic E-state index is 0.0267. The summed E-state index contributed by atoms with van der Waals surface area (Å²) in [5.41, 5.74) is 2.07. The molecule has 22 heavy (non-hydrogen) atoms. The summed E-state index contributed by atoms with van der Waals surface area (Å²) in [5.74, 6) is -1.17. The largest absolute Gasteiger partial charge is 0.481 e. The number of para-hydroxylation sites is 1. The smallest absolute Gasteiger partial charge is 0.303 e. The van der Waals surface area contributed by atoms with E-state index in [1.54, 1.807) is 17.7 Å². The third-order valence-electron chi connectivity index (χ3n) is 3.29. The number of benzene rings is 1. The second-order valence-corrected chi connectivity index (χ2v) is 5.23. The van der Waals surface area contributed by atoms with Crippen LogP contribution in [0.4, 0.5) is 0 Å². The highest BCUT2D eigenvalue weighted by atomic mass is 16.4. The van der Waals surface area contributed by atoms with Gasteiger partial charge in [0.15, 0.2) is 5.69 Å². The van der Waals surface area contributed by atoms with Gasteiger partial charge in [0.1, 0.15) is 0 Å². The fourth-order valence-corrected chi connectivity index (χ4v) is 2.13. The Kier molecular flexibility index (Phi) is 4.93. The van der Waals surface area contributed by atoms with Crippen LogP contribution in [0.25, 0.3) is 5.69 Å². The van der Waals surface area contributed by atoms with E-state index in [2.05, 4.69) is 10.4 Å². The maximum atomic E-state index is 12.2. The quantitative estimate of drug-likeness (QED) is 0.856. The highest BCUT2D eigenvalue weighted by Gasteiger charge is 2.15. The molecule has 0 spiro atoms. The molecule has 0 fully saturated rings. The molecule has 1 amide bonds. The number of carboxylic acids is 1. The number of carbonyl (C=O) groups is 2. The van der Waals surface area contributed by atoms with E-state index in [1.165, 1.54) is 0 Å². The normalized spacial score (nSPS) is 11.9. The molecule has 2 aromatic rings. The third-order valence-corrected chi connectivity index (χ3v) is 3.29. The fraction of sp³-hybridized carbons (Fsp3) is 0.312. The molecule has 0 aliphatic heterocycles. The molecular formula is C16H19N3O3. The molecular weight excluding hydrogens is 282 g/mol. The number of rotatable bonds is 6. The number of nitrogens with zero attached hydrogens (tertiary/aromatic N) is 2. The molecule has 1 aromatic carbocycles. The summed E-state index contributed by atoms with van der Waals surface area (Å²) in [6.07, 6.45) is 0.415. The molecule has 116 valence electrons. The zero-order valence-electron chi connectivity index (χ0n) is 12.6. The van der Waals surface area contributed by atoms with Gasteiger partial charge in [-0.3, -0.25) is 9.59 Å². The van der Waals surface area contributed by atoms with E-state index in [4.69, 9.17) is 5.11 Å². The Hall–Kier alpha value is -2.63. The lowest BCUT2D eigenvalue weighted by Crippen LogP contribution is -2.33. The predicted molar refractivity (Wildman–Crippen MR) is 82.1 cm³/mol. The number of amides is 1. The van der Waals surface area contributed by atoms with Gasteiger partial charge in [0.2, 0.25) is 0 Å². The summed E-state index contributed by atoms with van der Waals surface area (Å²) in [7, 11) is 0. The van der Waals surface area contributed by atoms with Crippen molar-refractivity contribution in [1.82, 2.24) is 15.1 Å². The van der Waals surface area contributed by atoms with E-state index in [0.717, 1.165) is 11.4 Å². The van der Waals surface area contributed by atoms with Gasteiger partial charge >= 0.3 is 5.97 Å². The average Bonchev–Trinajstić information content (AvgIpc) is 2.88. The molecule has 1 atom stereocenters. The van der Waals surface area contributed by atoms with E-state index in [0.29, 0.717) is 12.1 Å². The molecule has 0 aliphatic rings. The fourth-order valence-electron chi connectivity index (χ4n) is 2.13. The van der Waals surface area contributed by atoms with Crippen molar-refractivity contribution in [3.63, 3.8) is 0 Å². The zero-order chi connectivity index (χ0) is 16.1. The standard InChI is InChI=1S/C16H19N3O3/c1-11(8-9-15(20)21)17-16(22)14-10-12(2)19(18-14)13-6-4-3-5-7-13/h3-7,10-11H,8-9H2,1-2H3,(H,17,22)(H,20,21)/t11-/m0/s1. The van der Waals surface area contributed by atoms with Crippen LogP contribution >= 0.6 is 0 Å². The van der Waals surface area contributed by atoms with Gasteiger partial charge in [-0.25, -0.2) is 4.68 Å². The minimum Gasteiger partial charge on any atom is -0.481 e. The third kappa shape index (κ3) is 3.94. The Morgan fingerprint density at radius 2 is 2.00 bits per heavy atom. The van der Waals surface area contributed by atoms with Crippen LogP contribution in [-0.4, -0.2) is 32.8 Å². The van der Waals surface area contributed by atoms with Crippen LogP contribution in [0.1, 0.15) is 35.9 Å². The molecule has 0 radical (unpaired) electrons. The van der Waals surface area contributed by atoms with Crippen molar-refractivity contribution in [3.8, 4) is 5.69 Å². The van der Waals surface area contributed by atoms with Gasteiger partial charge in [-0.1, -0.05) is 18.2 Å². The van der Waals surface area contributed by atoms with Crippen LogP contribution in [0, 0.1) is 6.92 Å². The zero-order valence-corrected chi connectivity index (χ0v) is 12.6. The van der Waals surface area contributed by atoms with Crippen molar-refractivity contribution < 1.29 is 14.7 Å².